The Balaban J connectivity index is 2.64. The molecule has 1 aromatic carbocycles. The van der Waals surface area contributed by atoms with Gasteiger partial charge in [0.2, 0.25) is 17.5 Å². The Bertz CT molecular complexity index is 657. The quantitative estimate of drug-likeness (QED) is 0.786. The summed E-state index contributed by atoms with van der Waals surface area (Å²) in [6.45, 7) is 4.97. The van der Waals surface area contributed by atoms with Gasteiger partial charge in [-0.05, 0) is 37.1 Å². The van der Waals surface area contributed by atoms with Crippen molar-refractivity contribution in [3.8, 4) is 0 Å². The van der Waals surface area contributed by atoms with E-state index in [1.54, 1.807) is 12.1 Å². The van der Waals surface area contributed by atoms with Crippen molar-refractivity contribution in [2.75, 3.05) is 0 Å². The summed E-state index contributed by atoms with van der Waals surface area (Å²) in [6.07, 6.45) is 0. The molecule has 0 radical (unpaired) electrons. The molecule has 0 bridgehead atoms. The van der Waals surface area contributed by atoms with E-state index >= 15 is 0 Å². The number of ketones is 2. The van der Waals surface area contributed by atoms with Gasteiger partial charge in [0.15, 0.2) is 0 Å². The van der Waals surface area contributed by atoms with Gasteiger partial charge in [-0.2, -0.15) is 0 Å². The van der Waals surface area contributed by atoms with Crippen molar-refractivity contribution in [1.82, 2.24) is 5.32 Å². The number of rotatable bonds is 1. The van der Waals surface area contributed by atoms with Gasteiger partial charge in [0.25, 0.3) is 0 Å². The molecule has 3 N–H and O–H groups in total. The third-order valence-electron chi connectivity index (χ3n) is 3.17. The van der Waals surface area contributed by atoms with E-state index in [0.29, 0.717) is 5.56 Å². The molecule has 19 heavy (non-hydrogen) atoms. The molecule has 1 amide bonds. The lowest BCUT2D eigenvalue weighted by molar-refractivity contribution is -0.118. The minimum absolute atomic E-state index is 0.131. The maximum atomic E-state index is 12.3. The molecule has 0 unspecified atom stereocenters. The summed E-state index contributed by atoms with van der Waals surface area (Å²) in [7, 11) is 0. The van der Waals surface area contributed by atoms with Gasteiger partial charge in [-0.1, -0.05) is 0 Å². The molecule has 0 heterocycles. The monoisotopic (exact) mass is 258 g/mol. The zero-order chi connectivity index (χ0) is 14.3. The van der Waals surface area contributed by atoms with E-state index in [1.165, 1.54) is 6.92 Å². The number of benzene rings is 1. The Labute approximate surface area is 110 Å². The maximum absolute atomic E-state index is 12.3. The SMILES string of the molecule is CC(=O)NC1=C(N)C(=O)c2cc(C)c(C)cc2C1=O. The van der Waals surface area contributed by atoms with Gasteiger partial charge < -0.3 is 11.1 Å². The van der Waals surface area contributed by atoms with E-state index < -0.39 is 17.5 Å². The molecule has 1 aromatic rings. The van der Waals surface area contributed by atoms with Crippen LogP contribution in [-0.2, 0) is 4.79 Å². The molecule has 98 valence electrons. The molecule has 0 aliphatic heterocycles. The van der Waals surface area contributed by atoms with Crippen molar-refractivity contribution in [1.29, 1.82) is 0 Å². The number of carbonyl (C=O) groups is 3. The van der Waals surface area contributed by atoms with Crippen molar-refractivity contribution in [2.24, 2.45) is 5.73 Å². The van der Waals surface area contributed by atoms with Gasteiger partial charge in [-0.15, -0.1) is 0 Å². The molecule has 0 fully saturated rings. The fourth-order valence-electron chi connectivity index (χ4n) is 2.01. The molecule has 0 spiro atoms. The van der Waals surface area contributed by atoms with Crippen molar-refractivity contribution in [2.45, 2.75) is 20.8 Å². The molecule has 5 heteroatoms. The third kappa shape index (κ3) is 2.03. The van der Waals surface area contributed by atoms with Crippen LogP contribution in [0.3, 0.4) is 0 Å². The Kier molecular flexibility index (Phi) is 2.98. The van der Waals surface area contributed by atoms with Gasteiger partial charge in [0.1, 0.15) is 11.4 Å². The topological polar surface area (TPSA) is 89.3 Å². The minimum atomic E-state index is -0.439. The molecule has 0 saturated heterocycles. The first kappa shape index (κ1) is 13.0. The fraction of sp³-hybridized carbons (Fsp3) is 0.214. The minimum Gasteiger partial charge on any atom is -0.394 e. The van der Waals surface area contributed by atoms with Gasteiger partial charge in [0, 0.05) is 18.1 Å². The van der Waals surface area contributed by atoms with Crippen LogP contribution in [0.5, 0.6) is 0 Å². The number of amides is 1. The summed E-state index contributed by atoms with van der Waals surface area (Å²) < 4.78 is 0. The van der Waals surface area contributed by atoms with Crippen molar-refractivity contribution in [3.63, 3.8) is 0 Å². The van der Waals surface area contributed by atoms with Crippen LogP contribution in [0.2, 0.25) is 0 Å². The zero-order valence-electron chi connectivity index (χ0n) is 11.0. The van der Waals surface area contributed by atoms with Crippen LogP contribution in [0.25, 0.3) is 0 Å². The normalized spacial score (nSPS) is 14.5. The second-order valence-electron chi connectivity index (χ2n) is 4.61. The van der Waals surface area contributed by atoms with Gasteiger partial charge >= 0.3 is 0 Å². The van der Waals surface area contributed by atoms with Crippen molar-refractivity contribution >= 4 is 17.5 Å². The fourth-order valence-corrected chi connectivity index (χ4v) is 2.01. The number of aryl methyl sites for hydroxylation is 2. The van der Waals surface area contributed by atoms with Crippen molar-refractivity contribution < 1.29 is 14.4 Å². The molecule has 5 nitrogen and oxygen atoms in total. The number of hydrogen-bond donors (Lipinski definition) is 2. The number of allylic oxidation sites excluding steroid dienone is 2. The van der Waals surface area contributed by atoms with E-state index in [1.807, 2.05) is 13.8 Å². The highest BCUT2D eigenvalue weighted by atomic mass is 16.2. The van der Waals surface area contributed by atoms with Crippen LogP contribution < -0.4 is 11.1 Å². The van der Waals surface area contributed by atoms with E-state index in [-0.39, 0.29) is 17.0 Å². The largest absolute Gasteiger partial charge is 0.394 e. The summed E-state index contributed by atoms with van der Waals surface area (Å²) in [6, 6.07) is 3.31. The first-order valence-electron chi connectivity index (χ1n) is 5.81. The lowest BCUT2D eigenvalue weighted by Gasteiger charge is -2.20. The predicted octanol–water partition coefficient (Wildman–Crippen LogP) is 0.989. The van der Waals surface area contributed by atoms with Crippen molar-refractivity contribution in [3.05, 3.63) is 45.8 Å². The summed E-state index contributed by atoms with van der Waals surface area (Å²) in [5.74, 6) is -1.29. The predicted molar refractivity (Wildman–Crippen MR) is 69.6 cm³/mol. The first-order valence-corrected chi connectivity index (χ1v) is 5.81. The Morgan fingerprint density at radius 2 is 1.53 bits per heavy atom. The number of nitrogens with one attached hydrogen (secondary N) is 1. The second kappa shape index (κ2) is 4.35. The Morgan fingerprint density at radius 3 is 2.00 bits per heavy atom. The molecular weight excluding hydrogens is 244 g/mol. The van der Waals surface area contributed by atoms with Gasteiger partial charge in [-0.3, -0.25) is 14.4 Å². The smallest absolute Gasteiger partial charge is 0.221 e. The van der Waals surface area contributed by atoms with Crippen LogP contribution >= 0.6 is 0 Å². The number of carbonyl (C=O) groups excluding carboxylic acids is 3. The summed E-state index contributed by atoms with van der Waals surface area (Å²) in [4.78, 5) is 35.5. The average Bonchev–Trinajstić information content (AvgIpc) is 2.34. The highest BCUT2D eigenvalue weighted by Gasteiger charge is 2.31. The number of Topliss-reactive ketones (excluding diaryl/α,β-unsaturated/α-hetero) is 2. The second-order valence-corrected chi connectivity index (χ2v) is 4.61. The maximum Gasteiger partial charge on any atom is 0.221 e. The Hall–Kier alpha value is -2.43. The molecule has 0 aromatic heterocycles. The van der Waals surface area contributed by atoms with Crippen LogP contribution in [0.4, 0.5) is 0 Å². The summed E-state index contributed by atoms with van der Waals surface area (Å²) in [5, 5.41) is 2.33. The van der Waals surface area contributed by atoms with E-state index in [4.69, 9.17) is 5.73 Å². The van der Waals surface area contributed by atoms with Crippen LogP contribution in [0, 0.1) is 13.8 Å². The highest BCUT2D eigenvalue weighted by Crippen LogP contribution is 2.25. The van der Waals surface area contributed by atoms with E-state index in [0.717, 1.165) is 11.1 Å². The van der Waals surface area contributed by atoms with Gasteiger partial charge in [0.05, 0.1) is 0 Å². The zero-order valence-corrected chi connectivity index (χ0v) is 11.0. The summed E-state index contributed by atoms with van der Waals surface area (Å²) >= 11 is 0. The van der Waals surface area contributed by atoms with Gasteiger partial charge in [-0.25, -0.2) is 0 Å². The first-order chi connectivity index (χ1) is 8.82. The number of hydrogen-bond acceptors (Lipinski definition) is 4. The number of fused-ring (bicyclic) bond motifs is 1. The molecular formula is C14H14N2O3. The number of nitrogens with two attached hydrogens (primary N) is 1. The molecule has 0 saturated carbocycles. The van der Waals surface area contributed by atoms with Crippen LogP contribution in [-0.4, -0.2) is 17.5 Å². The van der Waals surface area contributed by atoms with E-state index in [2.05, 4.69) is 5.32 Å². The Morgan fingerprint density at radius 1 is 1.05 bits per heavy atom. The third-order valence-corrected chi connectivity index (χ3v) is 3.17. The molecule has 1 aliphatic rings. The standard InChI is InChI=1S/C14H14N2O3/c1-6-4-9-10(5-7(6)2)14(19)12(16-8(3)17)11(15)13(9)18/h4-5H,15H2,1-3H3,(H,16,17). The molecule has 1 aliphatic carbocycles. The van der Waals surface area contributed by atoms with E-state index in [9.17, 15) is 14.4 Å². The lowest BCUT2D eigenvalue weighted by atomic mass is 9.87. The van der Waals surface area contributed by atoms with Crippen LogP contribution in [0.1, 0.15) is 38.8 Å². The summed E-state index contributed by atoms with van der Waals surface area (Å²) in [5.41, 5.74) is 7.71. The molecule has 0 atom stereocenters. The highest BCUT2D eigenvalue weighted by molar-refractivity contribution is 6.27. The van der Waals surface area contributed by atoms with Crippen LogP contribution in [0.15, 0.2) is 23.5 Å². The lowest BCUT2D eigenvalue weighted by Crippen LogP contribution is -2.35. The molecule has 2 rings (SSSR count). The average molecular weight is 258 g/mol.